The average molecular weight is 345 g/mol. The van der Waals surface area contributed by atoms with Gasteiger partial charge in [-0.1, -0.05) is 17.3 Å². The second-order valence-corrected chi connectivity index (χ2v) is 5.22. The van der Waals surface area contributed by atoms with E-state index in [1.165, 1.54) is 11.8 Å². The third-order valence-electron chi connectivity index (χ3n) is 3.27. The lowest BCUT2D eigenvalue weighted by Gasteiger charge is -2.17. The molecule has 2 aromatic rings. The molecule has 8 nitrogen and oxygen atoms in total. The van der Waals surface area contributed by atoms with Gasteiger partial charge in [0.25, 0.3) is 0 Å². The van der Waals surface area contributed by atoms with Crippen LogP contribution in [0, 0.1) is 6.92 Å². The molecule has 0 saturated heterocycles. The monoisotopic (exact) mass is 345 g/mol. The molecule has 1 aromatic carbocycles. The first-order chi connectivity index (χ1) is 11.9. The van der Waals surface area contributed by atoms with Crippen molar-refractivity contribution in [3.05, 3.63) is 41.7 Å². The topological polar surface area (TPSA) is 102 Å². The second kappa shape index (κ2) is 8.09. The number of ether oxygens (including phenoxy) is 1. The molecule has 1 heterocycles. The minimum absolute atomic E-state index is 0.227. The quantitative estimate of drug-likeness (QED) is 0.805. The fourth-order valence-electron chi connectivity index (χ4n) is 2.15. The molecule has 0 fully saturated rings. The van der Waals surface area contributed by atoms with Gasteiger partial charge in [-0.2, -0.15) is 0 Å². The van der Waals surface area contributed by atoms with Crippen LogP contribution in [0.5, 0.6) is 0 Å². The van der Waals surface area contributed by atoms with Gasteiger partial charge in [0.15, 0.2) is 5.82 Å². The summed E-state index contributed by atoms with van der Waals surface area (Å²) in [5, 5.41) is 6.36. The fraction of sp³-hybridized carbons (Fsp3) is 0.294. The van der Waals surface area contributed by atoms with Crippen LogP contribution in [0.2, 0.25) is 0 Å². The van der Waals surface area contributed by atoms with Gasteiger partial charge in [0.05, 0.1) is 17.9 Å². The summed E-state index contributed by atoms with van der Waals surface area (Å²) in [6.45, 7) is 4.67. The summed E-state index contributed by atoms with van der Waals surface area (Å²) < 4.78 is 9.90. The summed E-state index contributed by atoms with van der Waals surface area (Å²) in [4.78, 5) is 37.2. The number of aryl methyl sites for hydroxylation is 1. The Bertz CT molecular complexity index is 784. The molecule has 2 amide bonds. The molecule has 2 rings (SSSR count). The van der Waals surface area contributed by atoms with E-state index < -0.39 is 11.9 Å². The first kappa shape index (κ1) is 18.2. The number of nitrogens with zero attached hydrogens (tertiary/aromatic N) is 2. The van der Waals surface area contributed by atoms with Crippen LogP contribution in [0.1, 0.15) is 30.0 Å². The number of carbonyl (C=O) groups is 3. The van der Waals surface area contributed by atoms with Gasteiger partial charge in [0, 0.05) is 13.0 Å². The number of para-hydroxylation sites is 1. The Kier molecular flexibility index (Phi) is 5.89. The highest BCUT2D eigenvalue weighted by Crippen LogP contribution is 2.18. The molecule has 1 N–H and O–H groups in total. The van der Waals surface area contributed by atoms with E-state index in [1.54, 1.807) is 44.2 Å². The first-order valence-electron chi connectivity index (χ1n) is 7.69. The fourth-order valence-corrected chi connectivity index (χ4v) is 2.15. The summed E-state index contributed by atoms with van der Waals surface area (Å²) in [6, 6.07) is 8.05. The zero-order valence-electron chi connectivity index (χ0n) is 14.2. The molecule has 0 radical (unpaired) electrons. The Morgan fingerprint density at radius 1 is 1.28 bits per heavy atom. The summed E-state index contributed by atoms with van der Waals surface area (Å²) in [6.07, 6.45) is 0. The molecule has 0 bridgehead atoms. The first-order valence-corrected chi connectivity index (χ1v) is 7.69. The van der Waals surface area contributed by atoms with Crippen LogP contribution in [0.25, 0.3) is 0 Å². The molecular weight excluding hydrogens is 326 g/mol. The number of rotatable bonds is 6. The van der Waals surface area contributed by atoms with Crippen molar-refractivity contribution in [3.8, 4) is 0 Å². The molecule has 0 spiro atoms. The van der Waals surface area contributed by atoms with Crippen LogP contribution >= 0.6 is 0 Å². The Morgan fingerprint density at radius 3 is 2.60 bits per heavy atom. The summed E-state index contributed by atoms with van der Waals surface area (Å²) in [5.74, 6) is -0.600. The predicted octanol–water partition coefficient (Wildman–Crippen LogP) is 2.15. The Balaban J connectivity index is 2.14. The van der Waals surface area contributed by atoms with E-state index >= 15 is 0 Å². The van der Waals surface area contributed by atoms with Crippen LogP contribution in [-0.2, 0) is 14.3 Å². The van der Waals surface area contributed by atoms with Crippen LogP contribution in [0.3, 0.4) is 0 Å². The van der Waals surface area contributed by atoms with E-state index in [1.807, 2.05) is 0 Å². The summed E-state index contributed by atoms with van der Waals surface area (Å²) in [5.41, 5.74) is 0.551. The van der Waals surface area contributed by atoms with E-state index in [2.05, 4.69) is 10.5 Å². The van der Waals surface area contributed by atoms with Crippen molar-refractivity contribution in [3.63, 3.8) is 0 Å². The summed E-state index contributed by atoms with van der Waals surface area (Å²) >= 11 is 0. The van der Waals surface area contributed by atoms with Gasteiger partial charge in [-0.05, 0) is 26.0 Å². The third-order valence-corrected chi connectivity index (χ3v) is 3.27. The zero-order valence-corrected chi connectivity index (χ0v) is 14.2. The molecule has 25 heavy (non-hydrogen) atoms. The van der Waals surface area contributed by atoms with Gasteiger partial charge in [0.1, 0.15) is 12.3 Å². The Hall–Kier alpha value is -3.16. The second-order valence-electron chi connectivity index (χ2n) is 5.22. The molecule has 132 valence electrons. The van der Waals surface area contributed by atoms with Gasteiger partial charge in [-0.3, -0.25) is 14.5 Å². The lowest BCUT2D eigenvalue weighted by molar-refractivity contribution is -0.120. The van der Waals surface area contributed by atoms with Crippen LogP contribution in [0.4, 0.5) is 11.5 Å². The molecule has 0 aliphatic heterocycles. The maximum Gasteiger partial charge on any atom is 0.340 e. The Morgan fingerprint density at radius 2 is 2.00 bits per heavy atom. The maximum atomic E-state index is 12.3. The summed E-state index contributed by atoms with van der Waals surface area (Å²) in [7, 11) is 0. The van der Waals surface area contributed by atoms with Gasteiger partial charge in [-0.15, -0.1) is 0 Å². The third kappa shape index (κ3) is 4.66. The van der Waals surface area contributed by atoms with Gasteiger partial charge in [-0.25, -0.2) is 4.79 Å². The minimum Gasteiger partial charge on any atom is -0.462 e. The van der Waals surface area contributed by atoms with Crippen molar-refractivity contribution in [1.82, 2.24) is 5.16 Å². The van der Waals surface area contributed by atoms with Crippen molar-refractivity contribution in [2.45, 2.75) is 20.8 Å². The largest absolute Gasteiger partial charge is 0.462 e. The number of carbonyl (C=O) groups excluding carboxylic acids is 3. The highest BCUT2D eigenvalue weighted by molar-refractivity contribution is 6.05. The van der Waals surface area contributed by atoms with E-state index in [0.29, 0.717) is 11.4 Å². The van der Waals surface area contributed by atoms with E-state index in [-0.39, 0.29) is 30.4 Å². The van der Waals surface area contributed by atoms with Gasteiger partial charge in [0.2, 0.25) is 11.8 Å². The van der Waals surface area contributed by atoms with Crippen LogP contribution in [-0.4, -0.2) is 36.1 Å². The molecule has 0 unspecified atom stereocenters. The normalized spacial score (nSPS) is 10.2. The molecular formula is C17H19N3O5. The van der Waals surface area contributed by atoms with Crippen molar-refractivity contribution in [2.75, 3.05) is 23.4 Å². The van der Waals surface area contributed by atoms with Crippen LogP contribution < -0.4 is 10.2 Å². The number of amides is 2. The zero-order chi connectivity index (χ0) is 18.4. The van der Waals surface area contributed by atoms with E-state index in [0.717, 1.165) is 0 Å². The smallest absolute Gasteiger partial charge is 0.340 e. The number of aromatic nitrogens is 1. The van der Waals surface area contributed by atoms with E-state index in [4.69, 9.17) is 9.26 Å². The standard InChI is InChI=1S/C17H19N3O5/c1-4-24-17(23)13-7-5-6-8-14(13)18-16(22)10-20(12(3)21)15-9-11(2)25-19-15/h5-9H,4,10H2,1-3H3,(H,18,22). The average Bonchev–Trinajstić information content (AvgIpc) is 2.99. The van der Waals surface area contributed by atoms with Crippen molar-refractivity contribution < 1.29 is 23.6 Å². The minimum atomic E-state index is -0.533. The molecule has 0 atom stereocenters. The van der Waals surface area contributed by atoms with Crippen LogP contribution in [0.15, 0.2) is 34.9 Å². The number of hydrogen-bond acceptors (Lipinski definition) is 6. The van der Waals surface area contributed by atoms with Gasteiger partial charge < -0.3 is 14.6 Å². The molecule has 8 heteroatoms. The molecule has 0 aliphatic rings. The number of hydrogen-bond donors (Lipinski definition) is 1. The lowest BCUT2D eigenvalue weighted by atomic mass is 10.2. The SMILES string of the molecule is CCOC(=O)c1ccccc1NC(=O)CN(C(C)=O)c1cc(C)on1. The van der Waals surface area contributed by atoms with Crippen molar-refractivity contribution >= 4 is 29.3 Å². The predicted molar refractivity (Wildman–Crippen MR) is 90.3 cm³/mol. The number of anilines is 2. The number of benzene rings is 1. The molecule has 0 aliphatic carbocycles. The van der Waals surface area contributed by atoms with E-state index in [9.17, 15) is 14.4 Å². The lowest BCUT2D eigenvalue weighted by Crippen LogP contribution is -2.37. The van der Waals surface area contributed by atoms with Crippen molar-refractivity contribution in [2.24, 2.45) is 0 Å². The molecule has 0 saturated carbocycles. The maximum absolute atomic E-state index is 12.3. The highest BCUT2D eigenvalue weighted by atomic mass is 16.5. The van der Waals surface area contributed by atoms with Crippen molar-refractivity contribution in [1.29, 1.82) is 0 Å². The number of esters is 1. The van der Waals surface area contributed by atoms with Gasteiger partial charge >= 0.3 is 5.97 Å². The number of nitrogens with one attached hydrogen (secondary N) is 1. The highest BCUT2D eigenvalue weighted by Gasteiger charge is 2.20. The Labute approximate surface area is 144 Å². The molecule has 1 aromatic heterocycles.